The lowest BCUT2D eigenvalue weighted by Crippen LogP contribution is -2.25. The molecule has 1 heterocycles. The zero-order chi connectivity index (χ0) is 21.0. The van der Waals surface area contributed by atoms with E-state index in [9.17, 15) is 18.3 Å². The van der Waals surface area contributed by atoms with Gasteiger partial charge in [-0.2, -0.15) is 0 Å². The molecule has 0 aliphatic heterocycles. The number of methoxy groups -OCH3 is 1. The predicted molar refractivity (Wildman–Crippen MR) is 106 cm³/mol. The van der Waals surface area contributed by atoms with Crippen LogP contribution < -0.4 is 19.3 Å². The fourth-order valence-electron chi connectivity index (χ4n) is 2.67. The topological polar surface area (TPSA) is 114 Å². The molecule has 0 unspecified atom stereocenters. The number of aromatic nitrogens is 2. The van der Waals surface area contributed by atoms with Gasteiger partial charge in [-0.3, -0.25) is 9.52 Å². The first-order chi connectivity index (χ1) is 13.8. The Morgan fingerprint density at radius 2 is 1.93 bits per heavy atom. The molecule has 2 aromatic carbocycles. The summed E-state index contributed by atoms with van der Waals surface area (Å²) in [7, 11) is -0.677. The van der Waals surface area contributed by atoms with Crippen molar-refractivity contribution in [1.29, 1.82) is 0 Å². The highest BCUT2D eigenvalue weighted by Crippen LogP contribution is 2.36. The van der Waals surface area contributed by atoms with Gasteiger partial charge < -0.3 is 15.2 Å². The van der Waals surface area contributed by atoms with E-state index in [0.29, 0.717) is 0 Å². The third-order valence-corrected chi connectivity index (χ3v) is 5.42. The number of amides is 1. The van der Waals surface area contributed by atoms with Crippen molar-refractivity contribution >= 4 is 27.3 Å². The maximum atomic E-state index is 12.5. The Hall–Kier alpha value is -3.53. The predicted octanol–water partition coefficient (Wildman–Crippen LogP) is 1.47. The maximum absolute atomic E-state index is 12.5. The molecule has 0 radical (unpaired) electrons. The van der Waals surface area contributed by atoms with Gasteiger partial charge in [0.1, 0.15) is 23.9 Å². The van der Waals surface area contributed by atoms with Crippen LogP contribution >= 0.6 is 0 Å². The number of phenolic OH excluding ortho intramolecular Hbond substituents is 1. The van der Waals surface area contributed by atoms with Crippen LogP contribution in [0.4, 0.5) is 11.4 Å². The van der Waals surface area contributed by atoms with Crippen molar-refractivity contribution in [3.05, 3.63) is 61.2 Å². The van der Waals surface area contributed by atoms with E-state index in [0.717, 1.165) is 0 Å². The summed E-state index contributed by atoms with van der Waals surface area (Å²) >= 11 is 0. The number of rotatable bonds is 7. The Morgan fingerprint density at radius 1 is 1.21 bits per heavy atom. The fraction of sp³-hybridized carbons (Fsp3) is 0.158. The Bertz CT molecular complexity index is 1130. The number of carbonyl (C=O) groups is 1. The molecule has 0 saturated heterocycles. The summed E-state index contributed by atoms with van der Waals surface area (Å²) in [6.07, 6.45) is 5.29. The minimum Gasteiger partial charge on any atom is -0.506 e. The van der Waals surface area contributed by atoms with Crippen LogP contribution in [0.5, 0.6) is 11.5 Å². The van der Waals surface area contributed by atoms with Crippen molar-refractivity contribution in [2.45, 2.75) is 11.4 Å². The summed E-state index contributed by atoms with van der Waals surface area (Å²) in [4.78, 5) is 12.3. The molecule has 0 aliphatic carbocycles. The van der Waals surface area contributed by atoms with Gasteiger partial charge in [0.25, 0.3) is 15.9 Å². The second-order valence-electron chi connectivity index (χ2n) is 6.29. The van der Waals surface area contributed by atoms with E-state index in [1.165, 1.54) is 31.4 Å². The van der Waals surface area contributed by atoms with Crippen molar-refractivity contribution in [3.63, 3.8) is 0 Å². The smallest absolute Gasteiger partial charge is 0.266 e. The quantitative estimate of drug-likeness (QED) is 0.398. The number of ether oxygens (including phenoxy) is 1. The molecule has 0 atom stereocenters. The molecule has 10 heteroatoms. The molecule has 152 valence electrons. The van der Waals surface area contributed by atoms with E-state index in [1.807, 2.05) is 7.05 Å². The van der Waals surface area contributed by atoms with Crippen molar-refractivity contribution in [2.75, 3.05) is 17.1 Å². The van der Waals surface area contributed by atoms with Gasteiger partial charge >= 0.3 is 0 Å². The van der Waals surface area contributed by atoms with Crippen molar-refractivity contribution in [1.82, 2.24) is 4.57 Å². The first-order valence-electron chi connectivity index (χ1n) is 8.58. The summed E-state index contributed by atoms with van der Waals surface area (Å²) < 4.78 is 36.0. The molecular weight excluding hydrogens is 396 g/mol. The summed E-state index contributed by atoms with van der Waals surface area (Å²) in [5.74, 6) is -0.496. The standard InChI is InChI=1S/C19H20N4O5S/c1-22-8-9-23(13-22)12-19(25)20-16-10-17(24)15(11-18(16)28-2)21-29(26,27)14-6-4-3-5-7-14/h3-11,13,21H,12H2,1-2H3,(H-,20,24,25)/p+1. The summed E-state index contributed by atoms with van der Waals surface area (Å²) in [6.45, 7) is 0.0626. The van der Waals surface area contributed by atoms with Gasteiger partial charge in [0.15, 0.2) is 6.54 Å². The number of hydrogen-bond donors (Lipinski definition) is 3. The average Bonchev–Trinajstić information content (AvgIpc) is 3.09. The van der Waals surface area contributed by atoms with Gasteiger partial charge in [-0.15, -0.1) is 0 Å². The molecule has 3 N–H and O–H groups in total. The van der Waals surface area contributed by atoms with Crippen LogP contribution in [0.15, 0.2) is 66.1 Å². The van der Waals surface area contributed by atoms with Gasteiger partial charge in [-0.05, 0) is 12.1 Å². The number of hydrogen-bond acceptors (Lipinski definition) is 5. The van der Waals surface area contributed by atoms with E-state index in [1.54, 1.807) is 46.1 Å². The highest BCUT2D eigenvalue weighted by atomic mass is 32.2. The zero-order valence-corrected chi connectivity index (χ0v) is 16.7. The molecule has 0 aliphatic rings. The summed E-state index contributed by atoms with van der Waals surface area (Å²) in [5, 5.41) is 12.9. The fourth-order valence-corrected chi connectivity index (χ4v) is 3.76. The largest absolute Gasteiger partial charge is 0.506 e. The van der Waals surface area contributed by atoms with E-state index in [2.05, 4.69) is 10.0 Å². The minimum absolute atomic E-state index is 0.0515. The van der Waals surface area contributed by atoms with Crippen molar-refractivity contribution in [2.24, 2.45) is 7.05 Å². The monoisotopic (exact) mass is 417 g/mol. The number of benzene rings is 2. The molecule has 3 aromatic rings. The van der Waals surface area contributed by atoms with Crippen molar-refractivity contribution < 1.29 is 27.6 Å². The molecule has 0 fully saturated rings. The van der Waals surface area contributed by atoms with E-state index >= 15 is 0 Å². The molecule has 0 bridgehead atoms. The second kappa shape index (κ2) is 8.23. The van der Waals surface area contributed by atoms with Crippen LogP contribution in [0.2, 0.25) is 0 Å². The second-order valence-corrected chi connectivity index (χ2v) is 7.97. The van der Waals surface area contributed by atoms with Gasteiger partial charge in [0, 0.05) is 12.1 Å². The molecule has 29 heavy (non-hydrogen) atoms. The van der Waals surface area contributed by atoms with Crippen LogP contribution in [0.25, 0.3) is 0 Å². The number of nitrogens with one attached hydrogen (secondary N) is 2. The zero-order valence-electron chi connectivity index (χ0n) is 15.9. The number of nitrogens with zero attached hydrogens (tertiary/aromatic N) is 2. The third kappa shape index (κ3) is 4.85. The number of carbonyl (C=O) groups excluding carboxylic acids is 1. The Labute approximate surface area is 168 Å². The van der Waals surface area contributed by atoms with Gasteiger partial charge in [0.05, 0.1) is 30.4 Å². The number of phenols is 1. The molecule has 1 amide bonds. The lowest BCUT2D eigenvalue weighted by molar-refractivity contribution is -0.671. The van der Waals surface area contributed by atoms with Crippen LogP contribution in [0, 0.1) is 0 Å². The first kappa shape index (κ1) is 20.2. The molecule has 3 rings (SSSR count). The van der Waals surface area contributed by atoms with Crippen LogP contribution in [-0.4, -0.2) is 31.1 Å². The van der Waals surface area contributed by atoms with Crippen molar-refractivity contribution in [3.8, 4) is 11.5 Å². The van der Waals surface area contributed by atoms with Crippen LogP contribution in [0.1, 0.15) is 0 Å². The van der Waals surface area contributed by atoms with E-state index < -0.39 is 10.0 Å². The molecular formula is C19H21N4O5S+. The Kier molecular flexibility index (Phi) is 5.74. The van der Waals surface area contributed by atoms with Gasteiger partial charge in [-0.25, -0.2) is 17.6 Å². The van der Waals surface area contributed by atoms with Crippen LogP contribution in [0.3, 0.4) is 0 Å². The molecule has 0 spiro atoms. The van der Waals surface area contributed by atoms with Gasteiger partial charge in [-0.1, -0.05) is 18.2 Å². The minimum atomic E-state index is -3.89. The highest BCUT2D eigenvalue weighted by molar-refractivity contribution is 7.92. The molecule has 0 saturated carbocycles. The number of sulfonamides is 1. The lowest BCUT2D eigenvalue weighted by Gasteiger charge is -2.15. The highest BCUT2D eigenvalue weighted by Gasteiger charge is 2.19. The summed E-state index contributed by atoms with van der Waals surface area (Å²) in [6, 6.07) is 10.3. The van der Waals surface area contributed by atoms with Gasteiger partial charge in [0.2, 0.25) is 6.33 Å². The molecule has 1 aromatic heterocycles. The Morgan fingerprint density at radius 3 is 2.55 bits per heavy atom. The number of aromatic hydroxyl groups is 1. The lowest BCUT2D eigenvalue weighted by atomic mass is 10.2. The van der Waals surface area contributed by atoms with E-state index in [-0.39, 0.29) is 40.2 Å². The van der Waals surface area contributed by atoms with E-state index in [4.69, 9.17) is 4.74 Å². The number of aryl methyl sites for hydroxylation is 1. The SMILES string of the molecule is COc1cc(NS(=O)(=O)c2ccccc2)c(O)cc1NC(=O)Cn1cc[n+](C)c1. The van der Waals surface area contributed by atoms with Crippen LogP contribution in [-0.2, 0) is 28.4 Å². The molecule has 9 nitrogen and oxygen atoms in total. The maximum Gasteiger partial charge on any atom is 0.266 e. The third-order valence-electron chi connectivity index (χ3n) is 4.04. The average molecular weight is 417 g/mol. The summed E-state index contributed by atoms with van der Waals surface area (Å²) in [5.41, 5.74) is 0.148. The number of imidazole rings is 1. The first-order valence-corrected chi connectivity index (χ1v) is 10.1. The number of anilines is 2. The normalized spacial score (nSPS) is 11.1. The Balaban J connectivity index is 1.81.